The van der Waals surface area contributed by atoms with Crippen LogP contribution in [0, 0.1) is 5.82 Å². The summed E-state index contributed by atoms with van der Waals surface area (Å²) < 4.78 is 15.0. The number of benzene rings is 3. The number of anilines is 2. The zero-order valence-corrected chi connectivity index (χ0v) is 16.4. The standard InChI is InChI=1S/C22H17FN3S.ClH/c23-18-14-11-17(12-15-18)13-16-21-26(20-9-5-2-6-10-20)25-22(27-21)24-19-7-3-1-4-8-19;/h1-16H,(H,24,25);1H/q+1;/p-1. The molecule has 0 aliphatic heterocycles. The maximum absolute atomic E-state index is 13.1. The predicted octanol–water partition coefficient (Wildman–Crippen LogP) is 2.48. The van der Waals surface area contributed by atoms with Gasteiger partial charge in [0.05, 0.1) is 0 Å². The number of halogens is 2. The molecule has 0 saturated heterocycles. The first-order chi connectivity index (χ1) is 13.3. The quantitative estimate of drug-likeness (QED) is 0.513. The lowest BCUT2D eigenvalue weighted by Gasteiger charge is -1.97. The minimum Gasteiger partial charge on any atom is -1.00 e. The van der Waals surface area contributed by atoms with Crippen LogP contribution < -0.4 is 22.4 Å². The average molecular weight is 410 g/mol. The SMILES string of the molecule is Fc1ccc(C=Cc2sc(Nc3ccccc3)n[n+]2-c2ccccc2)cc1.[Cl-]. The minimum atomic E-state index is -0.237. The second-order valence-corrected chi connectivity index (χ2v) is 6.88. The average Bonchev–Trinajstić information content (AvgIpc) is 3.12. The summed E-state index contributed by atoms with van der Waals surface area (Å²) in [5, 5.41) is 9.82. The molecule has 1 heterocycles. The van der Waals surface area contributed by atoms with Crippen LogP contribution in [-0.2, 0) is 0 Å². The van der Waals surface area contributed by atoms with Crippen molar-refractivity contribution in [2.24, 2.45) is 0 Å². The van der Waals surface area contributed by atoms with Crippen molar-refractivity contribution >= 4 is 34.3 Å². The van der Waals surface area contributed by atoms with Gasteiger partial charge in [-0.1, -0.05) is 48.5 Å². The van der Waals surface area contributed by atoms with Crippen LogP contribution in [0.25, 0.3) is 17.8 Å². The van der Waals surface area contributed by atoms with Crippen LogP contribution in [0.15, 0.2) is 84.9 Å². The van der Waals surface area contributed by atoms with Crippen LogP contribution in [0.4, 0.5) is 15.2 Å². The Morgan fingerprint density at radius 3 is 2.14 bits per heavy atom. The summed E-state index contributed by atoms with van der Waals surface area (Å²) in [6, 6.07) is 26.4. The Labute approximate surface area is 173 Å². The van der Waals surface area contributed by atoms with Gasteiger partial charge in [-0.15, -0.1) is 0 Å². The molecule has 0 amide bonds. The predicted molar refractivity (Wildman–Crippen MR) is 109 cm³/mol. The van der Waals surface area contributed by atoms with Crippen molar-refractivity contribution in [1.29, 1.82) is 0 Å². The van der Waals surface area contributed by atoms with Crippen molar-refractivity contribution in [3.05, 3.63) is 101 Å². The number of hydrogen-bond donors (Lipinski definition) is 1. The smallest absolute Gasteiger partial charge is 0.297 e. The summed E-state index contributed by atoms with van der Waals surface area (Å²) >= 11 is 1.55. The van der Waals surface area contributed by atoms with Gasteiger partial charge in [-0.2, -0.15) is 0 Å². The van der Waals surface area contributed by atoms with Gasteiger partial charge in [0.1, 0.15) is 5.82 Å². The highest BCUT2D eigenvalue weighted by Crippen LogP contribution is 2.22. The van der Waals surface area contributed by atoms with Gasteiger partial charge in [0.2, 0.25) is 5.69 Å². The number of aromatic nitrogens is 2. The summed E-state index contributed by atoms with van der Waals surface area (Å²) in [6.07, 6.45) is 3.95. The topological polar surface area (TPSA) is 28.8 Å². The Balaban J connectivity index is 0.00000225. The summed E-state index contributed by atoms with van der Waals surface area (Å²) in [7, 11) is 0. The molecule has 0 spiro atoms. The molecule has 0 unspecified atom stereocenters. The summed E-state index contributed by atoms with van der Waals surface area (Å²) in [5.41, 5.74) is 2.90. The van der Waals surface area contributed by atoms with E-state index in [1.165, 1.54) is 12.1 Å². The first kappa shape index (κ1) is 19.7. The Morgan fingerprint density at radius 1 is 0.821 bits per heavy atom. The van der Waals surface area contributed by atoms with Gasteiger partial charge in [-0.25, -0.2) is 4.39 Å². The number of nitrogens with zero attached hydrogens (tertiary/aromatic N) is 2. The molecule has 3 nitrogen and oxygen atoms in total. The summed E-state index contributed by atoms with van der Waals surface area (Å²) in [6.45, 7) is 0. The molecule has 0 atom stereocenters. The van der Waals surface area contributed by atoms with Crippen LogP contribution in [-0.4, -0.2) is 5.10 Å². The van der Waals surface area contributed by atoms with Crippen LogP contribution in [0.5, 0.6) is 0 Å². The van der Waals surface area contributed by atoms with E-state index < -0.39 is 0 Å². The molecule has 0 bridgehead atoms. The third-order valence-electron chi connectivity index (χ3n) is 3.92. The highest BCUT2D eigenvalue weighted by molar-refractivity contribution is 7.15. The molecule has 4 rings (SSSR count). The molecular weight excluding hydrogens is 393 g/mol. The molecule has 3 aromatic carbocycles. The van der Waals surface area contributed by atoms with Crippen LogP contribution >= 0.6 is 11.3 Å². The van der Waals surface area contributed by atoms with Gasteiger partial charge in [0.15, 0.2) is 0 Å². The largest absolute Gasteiger partial charge is 1.00 e. The van der Waals surface area contributed by atoms with Crippen LogP contribution in [0.2, 0.25) is 0 Å². The van der Waals surface area contributed by atoms with Gasteiger partial charge < -0.3 is 17.7 Å². The molecule has 0 radical (unpaired) electrons. The van der Waals surface area contributed by atoms with E-state index in [0.717, 1.165) is 27.1 Å². The lowest BCUT2D eigenvalue weighted by molar-refractivity contribution is -0.654. The number of para-hydroxylation sites is 2. The lowest BCUT2D eigenvalue weighted by Crippen LogP contribution is -3.00. The second kappa shape index (κ2) is 9.26. The maximum Gasteiger partial charge on any atom is 0.297 e. The molecule has 1 aromatic heterocycles. The monoisotopic (exact) mass is 409 g/mol. The van der Waals surface area contributed by atoms with E-state index in [2.05, 4.69) is 5.32 Å². The Kier molecular flexibility index (Phi) is 6.53. The fourth-order valence-corrected chi connectivity index (χ4v) is 3.46. The number of nitrogens with one attached hydrogen (secondary N) is 1. The van der Waals surface area contributed by atoms with E-state index >= 15 is 0 Å². The van der Waals surface area contributed by atoms with Gasteiger partial charge in [-0.05, 0) is 51.9 Å². The van der Waals surface area contributed by atoms with E-state index in [-0.39, 0.29) is 18.2 Å². The molecule has 0 aliphatic carbocycles. The van der Waals surface area contributed by atoms with E-state index in [1.807, 2.05) is 77.5 Å². The fraction of sp³-hybridized carbons (Fsp3) is 0. The molecule has 0 fully saturated rings. The first-order valence-electron chi connectivity index (χ1n) is 8.52. The third-order valence-corrected chi connectivity index (χ3v) is 4.81. The van der Waals surface area contributed by atoms with Crippen molar-refractivity contribution in [3.8, 4) is 5.69 Å². The Hall–Kier alpha value is -3.02. The maximum atomic E-state index is 13.1. The number of rotatable bonds is 5. The van der Waals surface area contributed by atoms with E-state index in [4.69, 9.17) is 5.10 Å². The van der Waals surface area contributed by atoms with Crippen molar-refractivity contribution in [2.75, 3.05) is 5.32 Å². The molecule has 6 heteroatoms. The van der Waals surface area contributed by atoms with Crippen molar-refractivity contribution in [2.45, 2.75) is 0 Å². The molecule has 1 N–H and O–H groups in total. The van der Waals surface area contributed by atoms with Crippen molar-refractivity contribution in [1.82, 2.24) is 5.10 Å². The molecule has 0 saturated carbocycles. The minimum absolute atomic E-state index is 0. The van der Waals surface area contributed by atoms with Crippen LogP contribution in [0.1, 0.15) is 10.6 Å². The Bertz CT molecular complexity index is 1050. The van der Waals surface area contributed by atoms with Gasteiger partial charge in [0.25, 0.3) is 10.1 Å². The number of hydrogen-bond acceptors (Lipinski definition) is 3. The first-order valence-corrected chi connectivity index (χ1v) is 9.34. The fourth-order valence-electron chi connectivity index (χ4n) is 2.60. The van der Waals surface area contributed by atoms with E-state index in [9.17, 15) is 4.39 Å². The Morgan fingerprint density at radius 2 is 1.46 bits per heavy atom. The van der Waals surface area contributed by atoms with Gasteiger partial charge in [0, 0.05) is 29.0 Å². The molecule has 28 heavy (non-hydrogen) atoms. The highest BCUT2D eigenvalue weighted by atomic mass is 35.5. The zero-order valence-electron chi connectivity index (χ0n) is 14.8. The summed E-state index contributed by atoms with van der Waals surface area (Å²) in [5.74, 6) is -0.237. The molecule has 4 aromatic rings. The second-order valence-electron chi connectivity index (χ2n) is 5.87. The highest BCUT2D eigenvalue weighted by Gasteiger charge is 2.20. The van der Waals surface area contributed by atoms with Crippen molar-refractivity contribution in [3.63, 3.8) is 0 Å². The van der Waals surface area contributed by atoms with Gasteiger partial charge in [-0.3, -0.25) is 0 Å². The third kappa shape index (κ3) is 4.82. The molecule has 0 aliphatic rings. The van der Waals surface area contributed by atoms with Crippen molar-refractivity contribution < 1.29 is 21.5 Å². The lowest BCUT2D eigenvalue weighted by atomic mass is 10.2. The van der Waals surface area contributed by atoms with E-state index in [1.54, 1.807) is 23.5 Å². The molecular formula is C22H17ClFN3S. The zero-order chi connectivity index (χ0) is 18.5. The normalized spacial score (nSPS) is 10.6. The van der Waals surface area contributed by atoms with E-state index in [0.29, 0.717) is 0 Å². The van der Waals surface area contributed by atoms with Crippen LogP contribution in [0.3, 0.4) is 0 Å². The molecule has 140 valence electrons. The summed E-state index contributed by atoms with van der Waals surface area (Å²) in [4.78, 5) is 0. The van der Waals surface area contributed by atoms with Gasteiger partial charge >= 0.3 is 0 Å².